The minimum atomic E-state index is 0. The summed E-state index contributed by atoms with van der Waals surface area (Å²) < 4.78 is 0. The second-order valence-corrected chi connectivity index (χ2v) is 6.97. The SMILES string of the molecule is CC1(CN)CCN(C(=O)Cc2csc(-c3ccccn3)n2)C1.Cl.Cl. The summed E-state index contributed by atoms with van der Waals surface area (Å²) in [7, 11) is 0. The molecule has 0 bridgehead atoms. The Balaban J connectivity index is 0.00000144. The molecule has 1 saturated heterocycles. The van der Waals surface area contributed by atoms with Crippen LogP contribution in [0.4, 0.5) is 0 Å². The fraction of sp³-hybridized carbons (Fsp3) is 0.438. The highest BCUT2D eigenvalue weighted by atomic mass is 35.5. The van der Waals surface area contributed by atoms with Crippen molar-refractivity contribution in [1.82, 2.24) is 14.9 Å². The first-order chi connectivity index (χ1) is 10.6. The highest BCUT2D eigenvalue weighted by Gasteiger charge is 2.34. The van der Waals surface area contributed by atoms with Gasteiger partial charge in [0.1, 0.15) is 5.01 Å². The van der Waals surface area contributed by atoms with Crippen molar-refractivity contribution in [3.05, 3.63) is 35.5 Å². The highest BCUT2D eigenvalue weighted by molar-refractivity contribution is 7.13. The minimum Gasteiger partial charge on any atom is -0.342 e. The van der Waals surface area contributed by atoms with Crippen LogP contribution >= 0.6 is 36.2 Å². The van der Waals surface area contributed by atoms with E-state index in [2.05, 4.69) is 16.9 Å². The number of pyridine rings is 1. The number of aromatic nitrogens is 2. The van der Waals surface area contributed by atoms with Crippen LogP contribution in [0.5, 0.6) is 0 Å². The second-order valence-electron chi connectivity index (χ2n) is 6.12. The highest BCUT2D eigenvalue weighted by Crippen LogP contribution is 2.29. The monoisotopic (exact) mass is 388 g/mol. The molecule has 8 heteroatoms. The molecule has 5 nitrogen and oxygen atoms in total. The number of amides is 1. The second kappa shape index (κ2) is 8.76. The van der Waals surface area contributed by atoms with Crippen molar-refractivity contribution in [3.63, 3.8) is 0 Å². The van der Waals surface area contributed by atoms with E-state index in [-0.39, 0.29) is 36.1 Å². The number of carbonyl (C=O) groups excluding carboxylic acids is 1. The van der Waals surface area contributed by atoms with E-state index in [0.29, 0.717) is 13.0 Å². The fourth-order valence-electron chi connectivity index (χ4n) is 2.67. The summed E-state index contributed by atoms with van der Waals surface area (Å²) in [6.45, 7) is 4.31. The third-order valence-corrected chi connectivity index (χ3v) is 5.09. The van der Waals surface area contributed by atoms with E-state index in [1.165, 1.54) is 11.3 Å². The van der Waals surface area contributed by atoms with Gasteiger partial charge in [0.25, 0.3) is 0 Å². The van der Waals surface area contributed by atoms with Gasteiger partial charge >= 0.3 is 0 Å². The number of nitrogens with two attached hydrogens (primary N) is 1. The lowest BCUT2D eigenvalue weighted by molar-refractivity contribution is -0.129. The number of hydrogen-bond donors (Lipinski definition) is 1. The summed E-state index contributed by atoms with van der Waals surface area (Å²) in [5.74, 6) is 0.134. The van der Waals surface area contributed by atoms with Gasteiger partial charge in [0.2, 0.25) is 5.91 Å². The third-order valence-electron chi connectivity index (χ3n) is 4.17. The predicted octanol–water partition coefficient (Wildman–Crippen LogP) is 2.79. The number of nitrogens with zero attached hydrogens (tertiary/aromatic N) is 3. The van der Waals surface area contributed by atoms with Crippen LogP contribution in [0.25, 0.3) is 10.7 Å². The molecule has 0 aromatic carbocycles. The van der Waals surface area contributed by atoms with Gasteiger partial charge in [-0.05, 0) is 30.5 Å². The molecule has 3 rings (SSSR count). The molecule has 132 valence electrons. The Morgan fingerprint density at radius 2 is 2.21 bits per heavy atom. The number of carbonyl (C=O) groups is 1. The van der Waals surface area contributed by atoms with Gasteiger partial charge in [-0.15, -0.1) is 36.2 Å². The maximum Gasteiger partial charge on any atom is 0.228 e. The normalized spacial score (nSPS) is 19.5. The van der Waals surface area contributed by atoms with Gasteiger partial charge in [0, 0.05) is 24.7 Å². The molecule has 1 aliphatic heterocycles. The lowest BCUT2D eigenvalue weighted by Crippen LogP contribution is -2.35. The van der Waals surface area contributed by atoms with Gasteiger partial charge in [-0.25, -0.2) is 4.98 Å². The van der Waals surface area contributed by atoms with Crippen LogP contribution in [0.3, 0.4) is 0 Å². The first-order valence-corrected chi connectivity index (χ1v) is 8.31. The fourth-order valence-corrected chi connectivity index (χ4v) is 3.46. The van der Waals surface area contributed by atoms with Crippen molar-refractivity contribution in [1.29, 1.82) is 0 Å². The Bertz CT molecular complexity index is 667. The molecule has 0 aliphatic carbocycles. The minimum absolute atomic E-state index is 0. The topological polar surface area (TPSA) is 72.1 Å². The van der Waals surface area contributed by atoms with Crippen LogP contribution in [0.15, 0.2) is 29.8 Å². The molecule has 3 heterocycles. The van der Waals surface area contributed by atoms with Gasteiger partial charge in [-0.3, -0.25) is 9.78 Å². The largest absolute Gasteiger partial charge is 0.342 e. The van der Waals surface area contributed by atoms with Crippen molar-refractivity contribution in [2.75, 3.05) is 19.6 Å². The molecule has 2 N–H and O–H groups in total. The molecule has 1 unspecified atom stereocenters. The summed E-state index contributed by atoms with van der Waals surface area (Å²) in [4.78, 5) is 23.1. The number of thiazole rings is 1. The molecule has 0 saturated carbocycles. The summed E-state index contributed by atoms with van der Waals surface area (Å²) in [5.41, 5.74) is 7.53. The predicted molar refractivity (Wildman–Crippen MR) is 102 cm³/mol. The zero-order chi connectivity index (χ0) is 15.6. The zero-order valence-electron chi connectivity index (χ0n) is 13.5. The molecular weight excluding hydrogens is 367 g/mol. The van der Waals surface area contributed by atoms with Crippen molar-refractivity contribution in [2.24, 2.45) is 11.1 Å². The van der Waals surface area contributed by atoms with Crippen molar-refractivity contribution >= 4 is 42.1 Å². The Kier molecular flexibility index (Phi) is 7.60. The Morgan fingerprint density at radius 1 is 1.42 bits per heavy atom. The summed E-state index contributed by atoms with van der Waals surface area (Å²) in [5, 5.41) is 2.80. The lowest BCUT2D eigenvalue weighted by Gasteiger charge is -2.22. The van der Waals surface area contributed by atoms with E-state index >= 15 is 0 Å². The third kappa shape index (κ3) is 4.66. The molecule has 1 amide bonds. The van der Waals surface area contributed by atoms with Gasteiger partial charge in [0.05, 0.1) is 17.8 Å². The molecule has 1 fully saturated rings. The molecule has 1 atom stereocenters. The molecule has 2 aromatic rings. The van der Waals surface area contributed by atoms with E-state index < -0.39 is 0 Å². The average molecular weight is 389 g/mol. The van der Waals surface area contributed by atoms with Crippen molar-refractivity contribution < 1.29 is 4.79 Å². The molecule has 0 spiro atoms. The maximum absolute atomic E-state index is 12.4. The van der Waals surface area contributed by atoms with E-state index in [1.54, 1.807) is 6.20 Å². The summed E-state index contributed by atoms with van der Waals surface area (Å²) in [6, 6.07) is 5.74. The Labute approximate surface area is 158 Å². The number of likely N-dealkylation sites (tertiary alicyclic amines) is 1. The number of halogens is 2. The maximum atomic E-state index is 12.4. The molecule has 24 heavy (non-hydrogen) atoms. The lowest BCUT2D eigenvalue weighted by atomic mass is 9.90. The Morgan fingerprint density at radius 3 is 2.83 bits per heavy atom. The van der Waals surface area contributed by atoms with Crippen LogP contribution in [0, 0.1) is 5.41 Å². The van der Waals surface area contributed by atoms with Gasteiger partial charge < -0.3 is 10.6 Å². The molecule has 1 aliphatic rings. The standard InChI is InChI=1S/C16H20N4OS.2ClH/c1-16(10-17)5-7-20(11-16)14(21)8-12-9-22-15(19-12)13-4-2-3-6-18-13;;/h2-4,6,9H,5,7-8,10-11,17H2,1H3;2*1H. The summed E-state index contributed by atoms with van der Waals surface area (Å²) in [6.07, 6.45) is 3.08. The van der Waals surface area contributed by atoms with E-state index in [0.717, 1.165) is 35.9 Å². The van der Waals surface area contributed by atoms with Gasteiger partial charge in [-0.1, -0.05) is 13.0 Å². The smallest absolute Gasteiger partial charge is 0.228 e. The van der Waals surface area contributed by atoms with E-state index in [9.17, 15) is 4.79 Å². The first-order valence-electron chi connectivity index (χ1n) is 7.43. The van der Waals surface area contributed by atoms with Crippen LogP contribution in [0.1, 0.15) is 19.0 Å². The van der Waals surface area contributed by atoms with Gasteiger partial charge in [-0.2, -0.15) is 0 Å². The molecular formula is C16H22Cl2N4OS. The van der Waals surface area contributed by atoms with Crippen LogP contribution in [-0.4, -0.2) is 40.4 Å². The van der Waals surface area contributed by atoms with E-state index in [1.807, 2.05) is 28.5 Å². The molecule has 2 aromatic heterocycles. The molecule has 0 radical (unpaired) electrons. The quantitative estimate of drug-likeness (QED) is 0.873. The van der Waals surface area contributed by atoms with Crippen LogP contribution in [0.2, 0.25) is 0 Å². The summed E-state index contributed by atoms with van der Waals surface area (Å²) >= 11 is 1.53. The van der Waals surface area contributed by atoms with Crippen molar-refractivity contribution in [3.8, 4) is 10.7 Å². The van der Waals surface area contributed by atoms with E-state index in [4.69, 9.17) is 5.73 Å². The number of rotatable bonds is 4. The number of hydrogen-bond acceptors (Lipinski definition) is 5. The first kappa shape index (κ1) is 20.8. The van der Waals surface area contributed by atoms with Crippen molar-refractivity contribution in [2.45, 2.75) is 19.8 Å². The van der Waals surface area contributed by atoms with Crippen LogP contribution < -0.4 is 5.73 Å². The average Bonchev–Trinajstić information content (AvgIpc) is 3.16. The van der Waals surface area contributed by atoms with Gasteiger partial charge in [0.15, 0.2) is 0 Å². The van der Waals surface area contributed by atoms with Crippen LogP contribution in [-0.2, 0) is 11.2 Å². The zero-order valence-corrected chi connectivity index (χ0v) is 15.9. The Hall–Kier alpha value is -1.21.